The van der Waals surface area contributed by atoms with Crippen molar-refractivity contribution < 1.29 is 42.2 Å². The lowest BCUT2D eigenvalue weighted by molar-refractivity contribution is 0.207. The maximum Gasteiger partial charge on any atom is 0.247 e. The third-order valence-electron chi connectivity index (χ3n) is 15.5. The average Bonchev–Trinajstić information content (AvgIpc) is 2.44. The predicted octanol–water partition coefficient (Wildman–Crippen LogP) is 9.08. The van der Waals surface area contributed by atoms with Gasteiger partial charge in [0.05, 0.1) is 62.1 Å². The summed E-state index contributed by atoms with van der Waals surface area (Å²) in [5.41, 5.74) is 9.11. The highest BCUT2D eigenvalue weighted by Crippen LogP contribution is 2.41. The zero-order chi connectivity index (χ0) is 64.5. The highest BCUT2D eigenvalue weighted by atomic mass is 31.2. The summed E-state index contributed by atoms with van der Waals surface area (Å²) in [6, 6.07) is 28.1. The molecule has 0 amide bonds. The van der Waals surface area contributed by atoms with Crippen molar-refractivity contribution in [1.82, 2.24) is 29.7 Å². The second-order valence-electron chi connectivity index (χ2n) is 21.9. The van der Waals surface area contributed by atoms with Gasteiger partial charge in [-0.05, 0) is 139 Å². The molecule has 0 saturated carbocycles. The number of hydrogen-bond acceptors (Lipinski definition) is 16. The standard InChI is InChI=1S/C68H88N9O9P3/c1-14-75(15-2)60-42-51(27-30-63(60)83-8)21-24-54-39-57(69-66(45-54)87(11,78)79)48-72-33-34-73(49-58-40-55(46-67(70-58)88(12,80)81)25-22-52-28-31-64(84-9)61(43-52)76(16-3)17-4)36-38-74(37-35-72)50-59-41-56(47-68(71-59)89(13,82)86-20-7)26-23-53-29-32-65(85-10)62(44-53)77(18-5)19-6/h27-32,39-47H,14-20,33-38,48-50H2,1-13H3,(H,78,79)(H,80,81). The Morgan fingerprint density at radius 2 is 0.685 bits per heavy atom. The molecular weight excluding hydrogens is 1180 g/mol. The Morgan fingerprint density at radius 1 is 0.416 bits per heavy atom. The topological polar surface area (TPSA) is 187 Å². The summed E-state index contributed by atoms with van der Waals surface area (Å²) in [6.07, 6.45) is 0. The van der Waals surface area contributed by atoms with Crippen molar-refractivity contribution >= 4 is 55.5 Å². The first-order chi connectivity index (χ1) is 42.6. The number of hydrogen-bond donors (Lipinski definition) is 2. The third-order valence-corrected chi connectivity index (χ3v) is 19.5. The molecule has 1 saturated heterocycles. The molecule has 0 radical (unpaired) electrons. The Hall–Kier alpha value is -6.96. The van der Waals surface area contributed by atoms with Gasteiger partial charge in [-0.3, -0.25) is 28.4 Å². The highest BCUT2D eigenvalue weighted by molar-refractivity contribution is 7.66. The first-order valence-corrected chi connectivity index (χ1v) is 36.7. The van der Waals surface area contributed by atoms with Gasteiger partial charge in [-0.25, -0.2) is 15.0 Å². The lowest BCUT2D eigenvalue weighted by Gasteiger charge is -2.26. The molecule has 0 bridgehead atoms. The van der Waals surface area contributed by atoms with Crippen molar-refractivity contribution in [3.63, 3.8) is 0 Å². The molecule has 89 heavy (non-hydrogen) atoms. The Labute approximate surface area is 528 Å². The molecule has 0 spiro atoms. The predicted molar refractivity (Wildman–Crippen MR) is 362 cm³/mol. The monoisotopic (exact) mass is 1270 g/mol. The molecule has 3 aromatic carbocycles. The Kier molecular flexibility index (Phi) is 25.1. The highest BCUT2D eigenvalue weighted by Gasteiger charge is 2.26. The summed E-state index contributed by atoms with van der Waals surface area (Å²) in [6.45, 7) is 27.9. The van der Waals surface area contributed by atoms with Gasteiger partial charge in [-0.1, -0.05) is 35.5 Å². The van der Waals surface area contributed by atoms with E-state index >= 15 is 0 Å². The molecule has 18 nitrogen and oxygen atoms in total. The van der Waals surface area contributed by atoms with Gasteiger partial charge in [0.15, 0.2) is 0 Å². The van der Waals surface area contributed by atoms with Gasteiger partial charge in [-0.15, -0.1) is 0 Å². The number of pyridine rings is 3. The summed E-state index contributed by atoms with van der Waals surface area (Å²) in [7, 11) is -6.11. The van der Waals surface area contributed by atoms with Crippen LogP contribution in [0, 0.1) is 35.5 Å². The first-order valence-electron chi connectivity index (χ1n) is 30.5. The van der Waals surface area contributed by atoms with Crippen molar-refractivity contribution in [2.75, 3.05) is 141 Å². The molecule has 0 aliphatic carbocycles. The second kappa shape index (κ2) is 32.2. The van der Waals surface area contributed by atoms with E-state index in [9.17, 15) is 23.5 Å². The van der Waals surface area contributed by atoms with E-state index < -0.39 is 22.1 Å². The maximum absolute atomic E-state index is 14.2. The summed E-state index contributed by atoms with van der Waals surface area (Å²) < 4.78 is 64.2. The maximum atomic E-state index is 14.2. The van der Waals surface area contributed by atoms with Gasteiger partial charge >= 0.3 is 0 Å². The Balaban J connectivity index is 1.27. The number of nitrogens with zero attached hydrogens (tertiary/aromatic N) is 9. The molecular formula is C68H88N9O9P3. The van der Waals surface area contributed by atoms with Gasteiger partial charge in [0.2, 0.25) is 22.1 Å². The molecule has 474 valence electrons. The van der Waals surface area contributed by atoms with Crippen LogP contribution in [0.3, 0.4) is 0 Å². The Morgan fingerprint density at radius 3 is 0.944 bits per heavy atom. The van der Waals surface area contributed by atoms with Gasteiger partial charge < -0.3 is 43.2 Å². The van der Waals surface area contributed by atoms with E-state index in [-0.39, 0.29) is 17.5 Å². The lowest BCUT2D eigenvalue weighted by Crippen LogP contribution is -2.36. The normalized spacial score (nSPS) is 15.1. The fourth-order valence-electron chi connectivity index (χ4n) is 10.6. The number of aromatic nitrogens is 3. The average molecular weight is 1270 g/mol. The van der Waals surface area contributed by atoms with E-state index in [4.69, 9.17) is 33.7 Å². The van der Waals surface area contributed by atoms with Crippen molar-refractivity contribution in [1.29, 1.82) is 0 Å². The van der Waals surface area contributed by atoms with Crippen molar-refractivity contribution in [3.8, 4) is 52.8 Å². The van der Waals surface area contributed by atoms with E-state index in [0.717, 1.165) is 90.3 Å². The zero-order valence-corrected chi connectivity index (χ0v) is 56.8. The molecule has 7 rings (SSSR count). The van der Waals surface area contributed by atoms with Gasteiger partial charge in [0.25, 0.3) is 0 Å². The van der Waals surface area contributed by atoms with Crippen LogP contribution in [0.15, 0.2) is 91.0 Å². The minimum atomic E-state index is -3.85. The second-order valence-corrected chi connectivity index (χ2v) is 28.7. The summed E-state index contributed by atoms with van der Waals surface area (Å²) in [4.78, 5) is 50.1. The van der Waals surface area contributed by atoms with Crippen LogP contribution in [-0.4, -0.2) is 166 Å². The zero-order valence-electron chi connectivity index (χ0n) is 54.1. The fraction of sp³-hybridized carbons (Fsp3) is 0.426. The molecule has 21 heteroatoms. The van der Waals surface area contributed by atoms with Crippen LogP contribution in [0.25, 0.3) is 0 Å². The smallest absolute Gasteiger partial charge is 0.247 e. The molecule has 3 atom stereocenters. The largest absolute Gasteiger partial charge is 0.495 e. The lowest BCUT2D eigenvalue weighted by atomic mass is 10.1. The Bertz CT molecular complexity index is 3600. The van der Waals surface area contributed by atoms with Crippen LogP contribution in [0.2, 0.25) is 0 Å². The molecule has 4 heterocycles. The van der Waals surface area contributed by atoms with Crippen LogP contribution in [-0.2, 0) is 37.9 Å². The van der Waals surface area contributed by atoms with Gasteiger partial charge in [-0.2, -0.15) is 0 Å². The minimum absolute atomic E-state index is 0.0603. The molecule has 1 aliphatic heterocycles. The van der Waals surface area contributed by atoms with Crippen molar-refractivity contribution in [2.45, 2.75) is 68.1 Å². The molecule has 6 aromatic rings. The van der Waals surface area contributed by atoms with E-state index in [2.05, 4.69) is 106 Å². The number of rotatable bonds is 23. The van der Waals surface area contributed by atoms with E-state index in [0.29, 0.717) is 98.1 Å². The number of benzene rings is 3. The van der Waals surface area contributed by atoms with Crippen LogP contribution >= 0.6 is 22.1 Å². The quantitative estimate of drug-likeness (QED) is 0.0456. The van der Waals surface area contributed by atoms with Crippen LogP contribution in [0.1, 0.15) is 98.9 Å². The van der Waals surface area contributed by atoms with Gasteiger partial charge in [0, 0.05) is 152 Å². The van der Waals surface area contributed by atoms with Crippen molar-refractivity contribution in [3.05, 3.63) is 141 Å². The number of methoxy groups -OCH3 is 3. The molecule has 3 aromatic heterocycles. The number of ether oxygens (including phenoxy) is 3. The van der Waals surface area contributed by atoms with Gasteiger partial charge in [0.1, 0.15) is 33.6 Å². The molecule has 3 unspecified atom stereocenters. The summed E-state index contributed by atoms with van der Waals surface area (Å²) in [5, 5.41) is 0. The molecule has 1 aliphatic rings. The van der Waals surface area contributed by atoms with Crippen molar-refractivity contribution in [2.24, 2.45) is 0 Å². The van der Waals surface area contributed by atoms with E-state index in [1.807, 2.05) is 79.7 Å². The van der Waals surface area contributed by atoms with Crippen LogP contribution < -0.4 is 45.2 Å². The van der Waals surface area contributed by atoms with Crippen LogP contribution in [0.5, 0.6) is 17.2 Å². The fourth-order valence-corrected chi connectivity index (χ4v) is 13.3. The number of anilines is 3. The first kappa shape index (κ1) is 69.5. The summed E-state index contributed by atoms with van der Waals surface area (Å²) in [5.74, 6) is 22.1. The van der Waals surface area contributed by atoms with E-state index in [1.165, 1.54) is 13.3 Å². The summed E-state index contributed by atoms with van der Waals surface area (Å²) >= 11 is 0. The third kappa shape index (κ3) is 19.3. The minimum Gasteiger partial charge on any atom is -0.495 e. The molecule has 1 fully saturated rings. The van der Waals surface area contributed by atoms with E-state index in [1.54, 1.807) is 46.2 Å². The molecule has 2 N–H and O–H groups in total. The van der Waals surface area contributed by atoms with Crippen LogP contribution in [0.4, 0.5) is 17.1 Å². The SMILES string of the molecule is CCOP(C)(=O)c1cc(C#Cc2ccc(OC)c(N(CC)CC)c2)cc(CN2CCN(Cc3cc(C#Cc4ccc(OC)c(N(CC)CC)c4)cc(P(C)(=O)O)n3)CCN(Cc3cc(C#Cc4ccc(OC)c(N(CC)CC)c4)cc(P(C)(=O)O)n3)CC2)n1.